The van der Waals surface area contributed by atoms with E-state index < -0.39 is 0 Å². The highest BCUT2D eigenvalue weighted by Gasteiger charge is 1.95. The zero-order chi connectivity index (χ0) is 10.2. The second-order valence-corrected chi connectivity index (χ2v) is 2.86. The molecule has 4 heteroatoms. The summed E-state index contributed by atoms with van der Waals surface area (Å²) < 4.78 is 10.2. The molecule has 1 N–H and O–H groups in total. The molecule has 0 aromatic carbocycles. The number of hydrogen-bond acceptors (Lipinski definition) is 4. The summed E-state index contributed by atoms with van der Waals surface area (Å²) in [6.07, 6.45) is 2.45. The minimum absolute atomic E-state index is 0.0109. The van der Waals surface area contributed by atoms with Gasteiger partial charge in [-0.3, -0.25) is 0 Å². The van der Waals surface area contributed by atoms with Crippen LogP contribution in [-0.2, 0) is 11.3 Å². The van der Waals surface area contributed by atoms with Gasteiger partial charge >= 0.3 is 0 Å². The summed E-state index contributed by atoms with van der Waals surface area (Å²) in [5.41, 5.74) is 0.786. The lowest BCUT2D eigenvalue weighted by Crippen LogP contribution is -2.02. The van der Waals surface area contributed by atoms with Crippen molar-refractivity contribution in [3.8, 4) is 5.88 Å². The van der Waals surface area contributed by atoms with Gasteiger partial charge in [0.15, 0.2) is 0 Å². The average Bonchev–Trinajstić information content (AvgIpc) is 2.25. The molecule has 1 aromatic rings. The number of hydrogen-bond donors (Lipinski definition) is 1. The fourth-order valence-corrected chi connectivity index (χ4v) is 0.970. The maximum Gasteiger partial charge on any atom is 0.213 e. The fraction of sp³-hybridized carbons (Fsp3) is 0.500. The number of rotatable bonds is 6. The maximum absolute atomic E-state index is 8.78. The second-order valence-electron chi connectivity index (χ2n) is 2.86. The van der Waals surface area contributed by atoms with Crippen LogP contribution in [0.25, 0.3) is 0 Å². The number of methoxy groups -OCH3 is 1. The van der Waals surface area contributed by atoms with E-state index in [9.17, 15) is 0 Å². The highest BCUT2D eigenvalue weighted by Crippen LogP contribution is 2.07. The first kappa shape index (κ1) is 10.9. The number of aromatic nitrogens is 1. The van der Waals surface area contributed by atoms with Gasteiger partial charge in [-0.05, 0) is 11.6 Å². The van der Waals surface area contributed by atoms with E-state index in [1.54, 1.807) is 25.4 Å². The van der Waals surface area contributed by atoms with E-state index in [4.69, 9.17) is 14.6 Å². The van der Waals surface area contributed by atoms with E-state index in [0.717, 1.165) is 12.0 Å². The van der Waals surface area contributed by atoms with Crippen LogP contribution >= 0.6 is 0 Å². The molecule has 14 heavy (non-hydrogen) atoms. The Morgan fingerprint density at radius 1 is 1.36 bits per heavy atom. The Balaban J connectivity index is 2.29. The molecule has 0 aliphatic rings. The van der Waals surface area contributed by atoms with Gasteiger partial charge in [-0.15, -0.1) is 0 Å². The molecule has 0 aliphatic carbocycles. The van der Waals surface area contributed by atoms with Crippen LogP contribution in [-0.4, -0.2) is 30.4 Å². The van der Waals surface area contributed by atoms with Crippen molar-refractivity contribution in [3.05, 3.63) is 23.9 Å². The molecule has 0 spiro atoms. The zero-order valence-electron chi connectivity index (χ0n) is 8.27. The van der Waals surface area contributed by atoms with Gasteiger partial charge in [-0.25, -0.2) is 4.98 Å². The van der Waals surface area contributed by atoms with Crippen LogP contribution in [0.5, 0.6) is 5.88 Å². The van der Waals surface area contributed by atoms with Gasteiger partial charge in [0.05, 0.1) is 13.2 Å². The molecule has 1 rings (SSSR count). The summed E-state index contributed by atoms with van der Waals surface area (Å²) in [5.74, 6) is 0.582. The molecule has 1 aromatic heterocycles. The minimum Gasteiger partial charge on any atom is -0.478 e. The van der Waals surface area contributed by atoms with E-state index in [-0.39, 0.29) is 6.61 Å². The second kappa shape index (κ2) is 6.34. The predicted molar refractivity (Wildman–Crippen MR) is 52.1 cm³/mol. The molecule has 0 fully saturated rings. The predicted octanol–water partition coefficient (Wildman–Crippen LogP) is 0.989. The lowest BCUT2D eigenvalue weighted by atomic mass is 10.3. The smallest absolute Gasteiger partial charge is 0.213 e. The van der Waals surface area contributed by atoms with Gasteiger partial charge in [-0.2, -0.15) is 0 Å². The molecule has 1 heterocycles. The maximum atomic E-state index is 8.78. The SMILES string of the molecule is COCCCOc1ccc(CO)cn1. The Hall–Kier alpha value is -1.13. The Morgan fingerprint density at radius 3 is 2.79 bits per heavy atom. The topological polar surface area (TPSA) is 51.6 Å². The third-order valence-corrected chi connectivity index (χ3v) is 1.72. The van der Waals surface area contributed by atoms with Crippen LogP contribution < -0.4 is 4.74 Å². The first-order valence-electron chi connectivity index (χ1n) is 4.54. The Kier molecular flexibility index (Phi) is 4.96. The van der Waals surface area contributed by atoms with Crippen molar-refractivity contribution in [2.45, 2.75) is 13.0 Å². The van der Waals surface area contributed by atoms with Crippen LogP contribution in [0.4, 0.5) is 0 Å². The normalized spacial score (nSPS) is 10.1. The minimum atomic E-state index is 0.0109. The van der Waals surface area contributed by atoms with Gasteiger partial charge in [-0.1, -0.05) is 0 Å². The molecule has 0 amide bonds. The molecule has 4 nitrogen and oxygen atoms in total. The Bertz CT molecular complexity index is 248. The monoisotopic (exact) mass is 197 g/mol. The number of aliphatic hydroxyl groups is 1. The summed E-state index contributed by atoms with van der Waals surface area (Å²) in [6.45, 7) is 1.30. The fourth-order valence-electron chi connectivity index (χ4n) is 0.970. The van der Waals surface area contributed by atoms with Crippen molar-refractivity contribution in [1.29, 1.82) is 0 Å². The third-order valence-electron chi connectivity index (χ3n) is 1.72. The van der Waals surface area contributed by atoms with Gasteiger partial charge in [0, 0.05) is 32.4 Å². The quantitative estimate of drug-likeness (QED) is 0.691. The van der Waals surface area contributed by atoms with Crippen LogP contribution in [0.3, 0.4) is 0 Å². The van der Waals surface area contributed by atoms with E-state index in [0.29, 0.717) is 19.1 Å². The molecule has 0 bridgehead atoms. The standard InChI is InChI=1S/C10H15NO3/c1-13-5-2-6-14-10-4-3-9(8-12)7-11-10/h3-4,7,12H,2,5-6,8H2,1H3. The van der Waals surface area contributed by atoms with E-state index in [2.05, 4.69) is 4.98 Å². The molecule has 0 unspecified atom stereocenters. The van der Waals surface area contributed by atoms with Crippen molar-refractivity contribution in [2.24, 2.45) is 0 Å². The summed E-state index contributed by atoms with van der Waals surface area (Å²) in [4.78, 5) is 4.02. The Morgan fingerprint density at radius 2 is 2.21 bits per heavy atom. The van der Waals surface area contributed by atoms with Gasteiger partial charge in [0.1, 0.15) is 0 Å². The van der Waals surface area contributed by atoms with Crippen molar-refractivity contribution in [2.75, 3.05) is 20.3 Å². The lowest BCUT2D eigenvalue weighted by molar-refractivity contribution is 0.170. The molecule has 0 saturated heterocycles. The highest BCUT2D eigenvalue weighted by molar-refractivity contribution is 5.16. The first-order valence-corrected chi connectivity index (χ1v) is 4.54. The lowest BCUT2D eigenvalue weighted by Gasteiger charge is -2.04. The largest absolute Gasteiger partial charge is 0.478 e. The molecule has 0 radical (unpaired) electrons. The summed E-state index contributed by atoms with van der Waals surface area (Å²) in [5, 5.41) is 8.78. The van der Waals surface area contributed by atoms with E-state index >= 15 is 0 Å². The molecule has 0 aliphatic heterocycles. The molecular weight excluding hydrogens is 182 g/mol. The summed E-state index contributed by atoms with van der Waals surface area (Å²) >= 11 is 0. The third kappa shape index (κ3) is 3.72. The average molecular weight is 197 g/mol. The molecule has 78 valence electrons. The van der Waals surface area contributed by atoms with Crippen LogP contribution in [0, 0.1) is 0 Å². The number of pyridine rings is 1. The number of aliphatic hydroxyl groups excluding tert-OH is 1. The van der Waals surface area contributed by atoms with Gasteiger partial charge in [0.25, 0.3) is 0 Å². The van der Waals surface area contributed by atoms with Crippen molar-refractivity contribution in [3.63, 3.8) is 0 Å². The number of nitrogens with zero attached hydrogens (tertiary/aromatic N) is 1. The Labute approximate surface area is 83.5 Å². The number of ether oxygens (including phenoxy) is 2. The molecule has 0 atom stereocenters. The van der Waals surface area contributed by atoms with Crippen LogP contribution in [0.15, 0.2) is 18.3 Å². The van der Waals surface area contributed by atoms with E-state index in [1.165, 1.54) is 0 Å². The molecular formula is C10H15NO3. The van der Waals surface area contributed by atoms with Crippen molar-refractivity contribution in [1.82, 2.24) is 4.98 Å². The summed E-state index contributed by atoms with van der Waals surface area (Å²) in [6, 6.07) is 3.54. The molecule has 0 saturated carbocycles. The van der Waals surface area contributed by atoms with Crippen molar-refractivity contribution < 1.29 is 14.6 Å². The highest BCUT2D eigenvalue weighted by atomic mass is 16.5. The van der Waals surface area contributed by atoms with Gasteiger partial charge < -0.3 is 14.6 Å². The van der Waals surface area contributed by atoms with Crippen LogP contribution in [0.2, 0.25) is 0 Å². The first-order chi connectivity index (χ1) is 6.86. The zero-order valence-corrected chi connectivity index (χ0v) is 8.27. The van der Waals surface area contributed by atoms with E-state index in [1.807, 2.05) is 0 Å². The van der Waals surface area contributed by atoms with Gasteiger partial charge in [0.2, 0.25) is 5.88 Å². The van der Waals surface area contributed by atoms with Crippen molar-refractivity contribution >= 4 is 0 Å². The van der Waals surface area contributed by atoms with Crippen LogP contribution in [0.1, 0.15) is 12.0 Å². The summed E-state index contributed by atoms with van der Waals surface area (Å²) in [7, 11) is 1.66.